The molecule has 0 saturated heterocycles. The number of esters is 1. The Bertz CT molecular complexity index is 979. The molecule has 0 unspecified atom stereocenters. The number of benzene rings is 2. The van der Waals surface area contributed by atoms with Crippen molar-refractivity contribution in [1.29, 1.82) is 0 Å². The molecule has 0 aliphatic heterocycles. The molecule has 0 radical (unpaired) electrons. The van der Waals surface area contributed by atoms with Crippen molar-refractivity contribution in [2.75, 3.05) is 21.3 Å². The smallest absolute Gasteiger partial charge is 0.347 e. The second-order valence-electron chi connectivity index (χ2n) is 11.4. The van der Waals surface area contributed by atoms with E-state index >= 15 is 0 Å². The van der Waals surface area contributed by atoms with Gasteiger partial charge in [0.25, 0.3) is 0 Å². The molecule has 5 nitrogen and oxygen atoms in total. The Morgan fingerprint density at radius 2 is 1.06 bits per heavy atom. The number of methoxy groups -OCH3 is 3. The van der Waals surface area contributed by atoms with Crippen LogP contribution in [0.3, 0.4) is 0 Å². The van der Waals surface area contributed by atoms with Crippen molar-refractivity contribution < 1.29 is 23.7 Å². The second kappa shape index (κ2) is 9.28. The molecule has 0 saturated carbocycles. The average Bonchev–Trinajstić information content (AvgIpc) is 2.69. The van der Waals surface area contributed by atoms with Crippen LogP contribution in [0.4, 0.5) is 0 Å². The fraction of sp³-hybridized carbons (Fsp3) is 0.536. The van der Waals surface area contributed by atoms with E-state index in [2.05, 4.69) is 62.3 Å². The lowest BCUT2D eigenvalue weighted by molar-refractivity contribution is 0.0724. The molecule has 0 atom stereocenters. The molecular formula is C28H40O5. The van der Waals surface area contributed by atoms with Crippen LogP contribution in [-0.2, 0) is 16.2 Å². The van der Waals surface area contributed by atoms with Crippen molar-refractivity contribution in [2.45, 2.75) is 78.6 Å². The molecule has 0 bridgehead atoms. The van der Waals surface area contributed by atoms with E-state index < -0.39 is 5.97 Å². The van der Waals surface area contributed by atoms with Crippen LogP contribution in [0.2, 0.25) is 0 Å². The second-order valence-corrected chi connectivity index (χ2v) is 11.4. The number of hydrogen-bond donors (Lipinski definition) is 0. The summed E-state index contributed by atoms with van der Waals surface area (Å²) in [6.07, 6.45) is 0. The van der Waals surface area contributed by atoms with Gasteiger partial charge in [-0.15, -0.1) is 0 Å². The third-order valence-corrected chi connectivity index (χ3v) is 5.66. The van der Waals surface area contributed by atoms with E-state index in [1.54, 1.807) is 20.3 Å². The summed E-state index contributed by atoms with van der Waals surface area (Å²) in [6.45, 7) is 18.8. The Morgan fingerprint density at radius 1 is 0.606 bits per heavy atom. The topological polar surface area (TPSA) is 54.0 Å². The van der Waals surface area contributed by atoms with Crippen molar-refractivity contribution in [3.63, 3.8) is 0 Å². The van der Waals surface area contributed by atoms with Gasteiger partial charge in [-0.2, -0.15) is 0 Å². The molecule has 5 heteroatoms. The van der Waals surface area contributed by atoms with Crippen LogP contribution in [0, 0.1) is 0 Å². The Kier molecular flexibility index (Phi) is 7.47. The van der Waals surface area contributed by atoms with E-state index in [1.807, 2.05) is 18.2 Å². The predicted molar refractivity (Wildman–Crippen MR) is 134 cm³/mol. The van der Waals surface area contributed by atoms with Crippen molar-refractivity contribution in [2.24, 2.45) is 0 Å². The zero-order chi connectivity index (χ0) is 25.4. The Balaban J connectivity index is 2.73. The first kappa shape index (κ1) is 26.6. The predicted octanol–water partition coefficient (Wildman–Crippen LogP) is 6.82. The van der Waals surface area contributed by atoms with E-state index in [4.69, 9.17) is 18.9 Å². The highest BCUT2D eigenvalue weighted by molar-refractivity contribution is 5.95. The Morgan fingerprint density at radius 3 is 1.42 bits per heavy atom. The lowest BCUT2D eigenvalue weighted by atomic mass is 9.79. The van der Waals surface area contributed by atoms with E-state index in [0.29, 0.717) is 22.8 Å². The van der Waals surface area contributed by atoms with Crippen LogP contribution >= 0.6 is 0 Å². The molecule has 2 aromatic rings. The van der Waals surface area contributed by atoms with E-state index in [9.17, 15) is 4.79 Å². The fourth-order valence-electron chi connectivity index (χ4n) is 3.81. The maximum absolute atomic E-state index is 13.5. The molecule has 33 heavy (non-hydrogen) atoms. The fourth-order valence-corrected chi connectivity index (χ4v) is 3.81. The van der Waals surface area contributed by atoms with Crippen molar-refractivity contribution in [1.82, 2.24) is 0 Å². The lowest BCUT2D eigenvalue weighted by Gasteiger charge is -2.30. The summed E-state index contributed by atoms with van der Waals surface area (Å²) in [5.74, 6) is 1.71. The van der Waals surface area contributed by atoms with Gasteiger partial charge in [-0.25, -0.2) is 4.79 Å². The van der Waals surface area contributed by atoms with Gasteiger partial charge in [-0.1, -0.05) is 68.4 Å². The molecule has 0 fully saturated rings. The van der Waals surface area contributed by atoms with Gasteiger partial charge in [-0.05, 0) is 34.4 Å². The van der Waals surface area contributed by atoms with Gasteiger partial charge in [0.2, 0.25) is 0 Å². The van der Waals surface area contributed by atoms with Crippen LogP contribution in [0.25, 0.3) is 0 Å². The highest BCUT2D eigenvalue weighted by Crippen LogP contribution is 2.44. The van der Waals surface area contributed by atoms with Gasteiger partial charge in [0.05, 0.1) is 21.3 Å². The van der Waals surface area contributed by atoms with Gasteiger partial charge in [0.1, 0.15) is 17.1 Å². The number of rotatable bonds is 5. The Hall–Kier alpha value is -2.69. The van der Waals surface area contributed by atoms with Crippen LogP contribution in [0.15, 0.2) is 24.3 Å². The summed E-state index contributed by atoms with van der Waals surface area (Å²) in [7, 11) is 4.77. The first-order valence-electron chi connectivity index (χ1n) is 11.3. The highest BCUT2D eigenvalue weighted by Gasteiger charge is 2.32. The minimum absolute atomic E-state index is 0.185. The summed E-state index contributed by atoms with van der Waals surface area (Å²) in [5, 5.41) is 0. The number of carbonyl (C=O) groups is 1. The molecule has 182 valence electrons. The van der Waals surface area contributed by atoms with Gasteiger partial charge in [0, 0.05) is 16.7 Å². The molecule has 0 aliphatic carbocycles. The summed E-state index contributed by atoms with van der Waals surface area (Å²) in [5.41, 5.74) is 2.33. The van der Waals surface area contributed by atoms with Crippen LogP contribution in [0.5, 0.6) is 23.0 Å². The zero-order valence-corrected chi connectivity index (χ0v) is 22.4. The van der Waals surface area contributed by atoms with E-state index in [1.165, 1.54) is 7.11 Å². The van der Waals surface area contributed by atoms with E-state index in [0.717, 1.165) is 22.4 Å². The molecule has 0 N–H and O–H groups in total. The third kappa shape index (κ3) is 5.63. The first-order valence-corrected chi connectivity index (χ1v) is 11.3. The zero-order valence-electron chi connectivity index (χ0n) is 22.4. The minimum atomic E-state index is -0.494. The molecule has 0 aliphatic rings. The molecule has 0 heterocycles. The van der Waals surface area contributed by atoms with Gasteiger partial charge < -0.3 is 18.9 Å². The third-order valence-electron chi connectivity index (χ3n) is 5.66. The monoisotopic (exact) mass is 456 g/mol. The maximum Gasteiger partial charge on any atom is 0.347 e. The van der Waals surface area contributed by atoms with Crippen molar-refractivity contribution >= 4 is 5.97 Å². The molecule has 2 rings (SSSR count). The van der Waals surface area contributed by atoms with Crippen LogP contribution in [-0.4, -0.2) is 27.3 Å². The lowest BCUT2D eigenvalue weighted by Crippen LogP contribution is -2.23. The van der Waals surface area contributed by atoms with Gasteiger partial charge >= 0.3 is 5.97 Å². The highest BCUT2D eigenvalue weighted by atomic mass is 16.5. The number of hydrogen-bond acceptors (Lipinski definition) is 5. The van der Waals surface area contributed by atoms with Gasteiger partial charge in [-0.3, -0.25) is 0 Å². The number of carbonyl (C=O) groups excluding carboxylic acids is 1. The minimum Gasteiger partial charge on any atom is -0.497 e. The quantitative estimate of drug-likeness (QED) is 0.365. The first-order chi connectivity index (χ1) is 15.1. The largest absolute Gasteiger partial charge is 0.497 e. The van der Waals surface area contributed by atoms with Crippen LogP contribution in [0.1, 0.15) is 89.4 Å². The molecular weight excluding hydrogens is 416 g/mol. The summed E-state index contributed by atoms with van der Waals surface area (Å²) < 4.78 is 23.0. The number of ether oxygens (including phenoxy) is 4. The SMILES string of the molecule is COc1cc(C(C)(C)C)c(OC(=O)c2ccc(C(C)(C)C)c(OC)c2OC)c(C(C)(C)C)c1. The summed E-state index contributed by atoms with van der Waals surface area (Å²) >= 11 is 0. The summed E-state index contributed by atoms with van der Waals surface area (Å²) in [6, 6.07) is 7.54. The normalized spacial score (nSPS) is 12.4. The van der Waals surface area contributed by atoms with Crippen molar-refractivity contribution in [3.05, 3.63) is 46.5 Å². The maximum atomic E-state index is 13.5. The molecule has 2 aromatic carbocycles. The van der Waals surface area contributed by atoms with E-state index in [-0.39, 0.29) is 16.2 Å². The van der Waals surface area contributed by atoms with Gasteiger partial charge in [0.15, 0.2) is 11.5 Å². The summed E-state index contributed by atoms with van der Waals surface area (Å²) in [4.78, 5) is 13.5. The standard InChI is InChI=1S/C28H40O5/c1-26(2,3)19-14-13-18(22(31-11)24(19)32-12)25(29)33-23-20(27(4,5)6)15-17(30-10)16-21(23)28(7,8)9/h13-16H,1-12H3. The van der Waals surface area contributed by atoms with Crippen molar-refractivity contribution in [3.8, 4) is 23.0 Å². The van der Waals surface area contributed by atoms with Crippen LogP contribution < -0.4 is 18.9 Å². The molecule has 0 amide bonds. The Labute approximate surface area is 199 Å². The molecule has 0 aromatic heterocycles. The average molecular weight is 457 g/mol. The molecule has 0 spiro atoms.